The molecule has 2 aliphatic carbocycles. The van der Waals surface area contributed by atoms with Crippen LogP contribution in [0.2, 0.25) is 10.0 Å². The zero-order chi connectivity index (χ0) is 25.6. The molecule has 3 atom stereocenters. The van der Waals surface area contributed by atoms with Gasteiger partial charge in [-0.2, -0.15) is 4.80 Å². The van der Waals surface area contributed by atoms with Crippen LogP contribution in [0.5, 0.6) is 0 Å². The predicted molar refractivity (Wildman–Crippen MR) is 132 cm³/mol. The number of sulfonamides is 1. The average molecular weight is 542 g/mol. The van der Waals surface area contributed by atoms with Crippen LogP contribution in [0, 0.1) is 16.7 Å². The van der Waals surface area contributed by atoms with Gasteiger partial charge in [0, 0.05) is 28.3 Å². The molecule has 1 aromatic carbocycles. The topological polar surface area (TPSA) is 124 Å². The quantitative estimate of drug-likeness (QED) is 0.489. The number of carbonyl (C=O) groups is 2. The summed E-state index contributed by atoms with van der Waals surface area (Å²) in [7, 11) is -3.89. The van der Waals surface area contributed by atoms with E-state index in [-0.39, 0.29) is 42.3 Å². The monoisotopic (exact) mass is 541 g/mol. The van der Waals surface area contributed by atoms with Crippen LogP contribution in [0.4, 0.5) is 0 Å². The number of rotatable bonds is 10. The normalized spacial score (nSPS) is 24.1. The van der Waals surface area contributed by atoms with E-state index in [0.717, 1.165) is 11.2 Å². The van der Waals surface area contributed by atoms with Crippen LogP contribution in [0.25, 0.3) is 0 Å². The molecule has 2 aliphatic rings. The minimum Gasteiger partial charge on any atom is -0.299 e. The highest BCUT2D eigenvalue weighted by Gasteiger charge is 2.65. The van der Waals surface area contributed by atoms with E-state index in [0.29, 0.717) is 34.3 Å². The molecule has 0 spiro atoms. The lowest BCUT2D eigenvalue weighted by molar-refractivity contribution is -0.128. The lowest BCUT2D eigenvalue weighted by Gasteiger charge is -2.36. The summed E-state index contributed by atoms with van der Waals surface area (Å²) >= 11 is 12.4. The summed E-state index contributed by atoms with van der Waals surface area (Å²) in [4.78, 5) is 26.8. The number of Topliss-reactive ketones (excluding diaryl/α,β-unsaturated/α-hetero) is 2. The highest BCUT2D eigenvalue weighted by atomic mass is 35.5. The number of carbonyl (C=O) groups excluding carboxylic acids is 2. The number of aromatic nitrogens is 4. The van der Waals surface area contributed by atoms with Gasteiger partial charge in [-0.15, -0.1) is 10.2 Å². The molecule has 2 aromatic rings. The summed E-state index contributed by atoms with van der Waals surface area (Å²) < 4.78 is 28.8. The average Bonchev–Trinajstić information content (AvgIpc) is 3.36. The van der Waals surface area contributed by atoms with Crippen LogP contribution in [0.3, 0.4) is 0 Å². The molecule has 2 fully saturated rings. The molecule has 0 saturated heterocycles. The molecule has 2 saturated carbocycles. The van der Waals surface area contributed by atoms with Gasteiger partial charge in [0.1, 0.15) is 12.3 Å². The van der Waals surface area contributed by atoms with E-state index in [1.165, 1.54) is 0 Å². The van der Waals surface area contributed by atoms with E-state index in [1.807, 2.05) is 13.8 Å². The molecule has 35 heavy (non-hydrogen) atoms. The van der Waals surface area contributed by atoms with Crippen molar-refractivity contribution in [1.29, 1.82) is 0 Å². The molecular weight excluding hydrogens is 513 g/mol. The Morgan fingerprint density at radius 1 is 1.29 bits per heavy atom. The van der Waals surface area contributed by atoms with Crippen molar-refractivity contribution in [2.45, 2.75) is 65.5 Å². The Morgan fingerprint density at radius 3 is 2.54 bits per heavy atom. The number of nitrogens with zero attached hydrogens (tertiary/aromatic N) is 4. The third kappa shape index (κ3) is 4.90. The van der Waals surface area contributed by atoms with Gasteiger partial charge in [0.25, 0.3) is 0 Å². The Kier molecular flexibility index (Phi) is 7.13. The second-order valence-corrected chi connectivity index (χ2v) is 12.7. The van der Waals surface area contributed by atoms with Crippen LogP contribution in [-0.2, 0) is 32.6 Å². The van der Waals surface area contributed by atoms with Gasteiger partial charge in [0.15, 0.2) is 11.6 Å². The first-order chi connectivity index (χ1) is 16.4. The van der Waals surface area contributed by atoms with Crippen molar-refractivity contribution in [2.75, 3.05) is 5.75 Å². The second kappa shape index (κ2) is 9.53. The number of fused-ring (bicyclic) bond motifs is 2. The molecule has 190 valence electrons. The summed E-state index contributed by atoms with van der Waals surface area (Å²) in [5.74, 6) is -0.132. The Labute approximate surface area is 215 Å². The van der Waals surface area contributed by atoms with E-state index in [1.54, 1.807) is 25.1 Å². The molecule has 1 N–H and O–H groups in total. The van der Waals surface area contributed by atoms with E-state index in [4.69, 9.17) is 23.2 Å². The molecule has 0 aliphatic heterocycles. The largest absolute Gasteiger partial charge is 0.299 e. The van der Waals surface area contributed by atoms with Crippen LogP contribution >= 0.6 is 23.2 Å². The van der Waals surface area contributed by atoms with Crippen LogP contribution in [0.1, 0.15) is 57.8 Å². The van der Waals surface area contributed by atoms with Crippen molar-refractivity contribution in [3.8, 4) is 0 Å². The maximum Gasteiger partial charge on any atom is 0.213 e. The molecule has 1 aromatic heterocycles. The number of benzene rings is 1. The molecule has 4 rings (SSSR count). The molecule has 0 amide bonds. The summed E-state index contributed by atoms with van der Waals surface area (Å²) in [6.45, 7) is 5.44. The molecule has 12 heteroatoms. The summed E-state index contributed by atoms with van der Waals surface area (Å²) in [5, 5.41) is 13.0. The second-order valence-electron chi connectivity index (χ2n) is 10.1. The van der Waals surface area contributed by atoms with Crippen LogP contribution < -0.4 is 4.72 Å². The number of ketones is 2. The number of nitrogens with one attached hydrogen (secondary N) is 1. The van der Waals surface area contributed by atoms with Crippen molar-refractivity contribution < 1.29 is 18.0 Å². The molecule has 0 radical (unpaired) electrons. The molecule has 2 bridgehead atoms. The number of hydrogen-bond acceptors (Lipinski definition) is 7. The number of halogens is 2. The highest BCUT2D eigenvalue weighted by molar-refractivity contribution is 7.89. The van der Waals surface area contributed by atoms with Crippen molar-refractivity contribution in [3.63, 3.8) is 0 Å². The molecular formula is C23H29Cl2N5O4S. The van der Waals surface area contributed by atoms with Gasteiger partial charge in [-0.05, 0) is 53.5 Å². The number of tetrazole rings is 1. The standard InChI is InChI=1S/C23H29Cl2N5O4S/c1-4-18(28-35(33,34)13-23-9-8-14(10-20(23)32)22(23,2)3)19(31)12-30-27-21(26-29-30)11-15-16(24)6-5-7-17(15)25/h5-7,14,18,28H,4,8-13H2,1-3H3. The fraction of sp³-hybridized carbons (Fsp3) is 0.609. The number of hydrogen-bond donors (Lipinski definition) is 1. The molecule has 3 unspecified atom stereocenters. The van der Waals surface area contributed by atoms with Gasteiger partial charge in [-0.25, -0.2) is 13.1 Å². The predicted octanol–water partition coefficient (Wildman–Crippen LogP) is 3.23. The zero-order valence-corrected chi connectivity index (χ0v) is 22.3. The first-order valence-electron chi connectivity index (χ1n) is 11.6. The van der Waals surface area contributed by atoms with Crippen molar-refractivity contribution >= 4 is 44.8 Å². The van der Waals surface area contributed by atoms with Gasteiger partial charge >= 0.3 is 0 Å². The zero-order valence-electron chi connectivity index (χ0n) is 19.9. The first kappa shape index (κ1) is 26.2. The fourth-order valence-corrected chi connectivity index (χ4v) is 8.26. The van der Waals surface area contributed by atoms with Crippen LogP contribution in [-0.4, -0.2) is 52.0 Å². The Balaban J connectivity index is 1.42. The fourth-order valence-electron chi connectivity index (χ4n) is 5.59. The van der Waals surface area contributed by atoms with E-state index >= 15 is 0 Å². The van der Waals surface area contributed by atoms with Crippen molar-refractivity contribution in [2.24, 2.45) is 16.7 Å². The molecule has 1 heterocycles. The van der Waals surface area contributed by atoms with E-state index in [2.05, 4.69) is 20.1 Å². The maximum atomic E-state index is 13.1. The van der Waals surface area contributed by atoms with Gasteiger partial charge in [0.05, 0.1) is 11.8 Å². The summed E-state index contributed by atoms with van der Waals surface area (Å²) in [5.41, 5.74) is -0.623. The van der Waals surface area contributed by atoms with E-state index < -0.39 is 27.3 Å². The Bertz CT molecular complexity index is 1240. The van der Waals surface area contributed by atoms with Crippen LogP contribution in [0.15, 0.2) is 18.2 Å². The Morgan fingerprint density at radius 2 is 1.97 bits per heavy atom. The summed E-state index contributed by atoms with van der Waals surface area (Å²) in [6.07, 6.45) is 2.34. The maximum absolute atomic E-state index is 13.1. The molecule has 9 nitrogen and oxygen atoms in total. The summed E-state index contributed by atoms with van der Waals surface area (Å²) in [6, 6.07) is 4.19. The lowest BCUT2D eigenvalue weighted by atomic mass is 9.70. The Hall–Kier alpha value is -1.88. The van der Waals surface area contributed by atoms with E-state index in [9.17, 15) is 18.0 Å². The SMILES string of the molecule is CCC(NS(=O)(=O)CC12CCC(CC1=O)C2(C)C)C(=O)Cn1nnc(Cc2c(Cl)cccc2Cl)n1. The first-order valence-corrected chi connectivity index (χ1v) is 14.0. The van der Waals surface area contributed by atoms with Gasteiger partial charge < -0.3 is 0 Å². The highest BCUT2D eigenvalue weighted by Crippen LogP contribution is 2.64. The van der Waals surface area contributed by atoms with Gasteiger partial charge in [0.2, 0.25) is 10.0 Å². The van der Waals surface area contributed by atoms with Crippen molar-refractivity contribution in [1.82, 2.24) is 24.9 Å². The third-order valence-corrected chi connectivity index (χ3v) is 10.1. The minimum atomic E-state index is -3.89. The lowest BCUT2D eigenvalue weighted by Crippen LogP contribution is -2.49. The minimum absolute atomic E-state index is 0.0152. The van der Waals surface area contributed by atoms with Crippen molar-refractivity contribution in [3.05, 3.63) is 39.6 Å². The smallest absolute Gasteiger partial charge is 0.213 e. The third-order valence-electron chi connectivity index (χ3n) is 7.88. The van der Waals surface area contributed by atoms with Gasteiger partial charge in [-0.1, -0.05) is 50.0 Å². The van der Waals surface area contributed by atoms with Gasteiger partial charge in [-0.3, -0.25) is 9.59 Å².